The van der Waals surface area contributed by atoms with Gasteiger partial charge in [-0.3, -0.25) is 9.59 Å². The zero-order valence-electron chi connectivity index (χ0n) is 20.9. The number of pyridine rings is 2. The molecule has 4 N–H and O–H groups in total. The van der Waals surface area contributed by atoms with E-state index in [9.17, 15) is 14.4 Å². The van der Waals surface area contributed by atoms with Crippen LogP contribution < -0.4 is 21.3 Å². The number of anilines is 4. The van der Waals surface area contributed by atoms with E-state index in [0.717, 1.165) is 12.1 Å². The molecule has 0 saturated carbocycles. The molecule has 2 fully saturated rings. The topological polar surface area (TPSA) is 143 Å². The number of nitrogens with one attached hydrogen (secondary N) is 2. The SMILES string of the molecule is CC(C)(C)OC(=O)N1CCC(Nc2cc(Nc3ccc(N4CCCC4=O)cn3)ncc2C(N)=O)CC1. The van der Waals surface area contributed by atoms with Gasteiger partial charge in [0.15, 0.2) is 0 Å². The summed E-state index contributed by atoms with van der Waals surface area (Å²) in [6, 6.07) is 5.39. The Labute approximate surface area is 210 Å². The van der Waals surface area contributed by atoms with Crippen LogP contribution in [0.3, 0.4) is 0 Å². The summed E-state index contributed by atoms with van der Waals surface area (Å²) in [5.74, 6) is 0.571. The van der Waals surface area contributed by atoms with Gasteiger partial charge in [0.25, 0.3) is 5.91 Å². The monoisotopic (exact) mass is 495 g/mol. The van der Waals surface area contributed by atoms with E-state index in [1.54, 1.807) is 28.1 Å². The molecule has 0 spiro atoms. The van der Waals surface area contributed by atoms with Crippen LogP contribution in [0.1, 0.15) is 56.8 Å². The Balaban J connectivity index is 1.40. The Hall–Kier alpha value is -3.89. The first kappa shape index (κ1) is 25.2. The van der Waals surface area contributed by atoms with E-state index < -0.39 is 11.5 Å². The molecular formula is C25H33N7O4. The molecule has 11 nitrogen and oxygen atoms in total. The van der Waals surface area contributed by atoms with Gasteiger partial charge in [0.1, 0.15) is 17.2 Å². The molecule has 2 aliphatic heterocycles. The summed E-state index contributed by atoms with van der Waals surface area (Å²) in [4.78, 5) is 48.4. The van der Waals surface area contributed by atoms with Gasteiger partial charge in [-0.05, 0) is 52.2 Å². The minimum absolute atomic E-state index is 0.0486. The van der Waals surface area contributed by atoms with Gasteiger partial charge in [-0.25, -0.2) is 14.8 Å². The number of carbonyl (C=O) groups excluding carboxylic acids is 3. The number of aromatic nitrogens is 2. The van der Waals surface area contributed by atoms with Gasteiger partial charge in [0.2, 0.25) is 5.91 Å². The van der Waals surface area contributed by atoms with Crippen LogP contribution in [-0.4, -0.2) is 64.1 Å². The zero-order chi connectivity index (χ0) is 25.9. The van der Waals surface area contributed by atoms with Crippen LogP contribution in [-0.2, 0) is 9.53 Å². The second-order valence-corrected chi connectivity index (χ2v) is 10.0. The maximum absolute atomic E-state index is 12.3. The second kappa shape index (κ2) is 10.4. The van der Waals surface area contributed by atoms with Crippen molar-refractivity contribution in [1.82, 2.24) is 14.9 Å². The van der Waals surface area contributed by atoms with Crippen molar-refractivity contribution in [3.8, 4) is 0 Å². The van der Waals surface area contributed by atoms with E-state index >= 15 is 0 Å². The van der Waals surface area contributed by atoms with Crippen LogP contribution in [0.4, 0.5) is 27.8 Å². The lowest BCUT2D eigenvalue weighted by Gasteiger charge is -2.34. The molecule has 0 unspecified atom stereocenters. The molecule has 0 aliphatic carbocycles. The van der Waals surface area contributed by atoms with Crippen LogP contribution >= 0.6 is 0 Å². The molecular weight excluding hydrogens is 462 g/mol. The summed E-state index contributed by atoms with van der Waals surface area (Å²) in [6.45, 7) is 7.33. The number of primary amides is 1. The largest absolute Gasteiger partial charge is 0.444 e. The predicted octanol–water partition coefficient (Wildman–Crippen LogP) is 3.26. The number of likely N-dealkylation sites (tertiary alicyclic amines) is 1. The zero-order valence-corrected chi connectivity index (χ0v) is 20.9. The number of nitrogens with zero attached hydrogens (tertiary/aromatic N) is 4. The van der Waals surface area contributed by atoms with Gasteiger partial charge in [-0.2, -0.15) is 0 Å². The Morgan fingerprint density at radius 3 is 2.39 bits per heavy atom. The summed E-state index contributed by atoms with van der Waals surface area (Å²) in [7, 11) is 0. The fourth-order valence-electron chi connectivity index (χ4n) is 4.26. The van der Waals surface area contributed by atoms with Crippen LogP contribution in [0.2, 0.25) is 0 Å². The molecule has 0 radical (unpaired) electrons. The lowest BCUT2D eigenvalue weighted by atomic mass is 10.0. The fourth-order valence-corrected chi connectivity index (χ4v) is 4.26. The van der Waals surface area contributed by atoms with E-state index in [1.165, 1.54) is 6.20 Å². The summed E-state index contributed by atoms with van der Waals surface area (Å²) in [5, 5.41) is 6.52. The third-order valence-electron chi connectivity index (χ3n) is 6.06. The maximum atomic E-state index is 12.3. The van der Waals surface area contributed by atoms with E-state index in [1.807, 2.05) is 26.8 Å². The molecule has 0 aromatic carbocycles. The highest BCUT2D eigenvalue weighted by Crippen LogP contribution is 2.26. The van der Waals surface area contributed by atoms with E-state index in [0.29, 0.717) is 56.2 Å². The number of rotatable bonds is 6. The van der Waals surface area contributed by atoms with E-state index in [4.69, 9.17) is 10.5 Å². The van der Waals surface area contributed by atoms with Gasteiger partial charge < -0.3 is 30.9 Å². The van der Waals surface area contributed by atoms with E-state index in [-0.39, 0.29) is 23.6 Å². The van der Waals surface area contributed by atoms with Crippen molar-refractivity contribution in [3.05, 3.63) is 36.2 Å². The molecule has 0 atom stereocenters. The fraction of sp³-hybridized carbons (Fsp3) is 0.480. The number of hydrogen-bond acceptors (Lipinski definition) is 8. The Bertz CT molecular complexity index is 1120. The van der Waals surface area contributed by atoms with E-state index in [2.05, 4.69) is 20.6 Å². The highest BCUT2D eigenvalue weighted by molar-refractivity contribution is 5.98. The van der Waals surface area contributed by atoms with Gasteiger partial charge in [-0.1, -0.05) is 0 Å². The molecule has 2 aromatic rings. The standard InChI is InChI=1S/C25H33N7O4/c1-25(2,3)36-24(35)31-11-8-16(9-12-31)29-19-13-21(28-15-18(19)23(26)34)30-20-7-6-17(14-27-20)32-10-4-5-22(32)33/h6-7,13-16H,4-5,8-12H2,1-3H3,(H2,26,34)(H2,27,28,29,30). The van der Waals surface area contributed by atoms with Gasteiger partial charge in [0.05, 0.1) is 23.1 Å². The third-order valence-corrected chi connectivity index (χ3v) is 6.06. The molecule has 2 aliphatic rings. The van der Waals surface area contributed by atoms with Crippen molar-refractivity contribution in [2.75, 3.05) is 35.2 Å². The van der Waals surface area contributed by atoms with Gasteiger partial charge >= 0.3 is 6.09 Å². The molecule has 0 bridgehead atoms. The molecule has 36 heavy (non-hydrogen) atoms. The summed E-state index contributed by atoms with van der Waals surface area (Å²) >= 11 is 0. The van der Waals surface area contributed by atoms with Crippen LogP contribution in [0.15, 0.2) is 30.6 Å². The van der Waals surface area contributed by atoms with Crippen LogP contribution in [0.5, 0.6) is 0 Å². The Kier molecular flexibility index (Phi) is 7.27. The normalized spacial score (nSPS) is 16.7. The van der Waals surface area contributed by atoms with Crippen LogP contribution in [0, 0.1) is 0 Å². The molecule has 192 valence electrons. The second-order valence-electron chi connectivity index (χ2n) is 10.0. The van der Waals surface area contributed by atoms with Crippen molar-refractivity contribution < 1.29 is 19.1 Å². The van der Waals surface area contributed by atoms with Gasteiger partial charge in [0, 0.05) is 44.4 Å². The minimum Gasteiger partial charge on any atom is -0.444 e. The van der Waals surface area contributed by atoms with Crippen molar-refractivity contribution >= 4 is 40.9 Å². The molecule has 2 saturated heterocycles. The average Bonchev–Trinajstić information content (AvgIpc) is 3.25. The van der Waals surface area contributed by atoms with Crippen molar-refractivity contribution in [2.45, 2.75) is 58.1 Å². The summed E-state index contributed by atoms with van der Waals surface area (Å²) in [5.41, 5.74) is 6.65. The average molecular weight is 496 g/mol. The first-order chi connectivity index (χ1) is 17.1. The van der Waals surface area contributed by atoms with Crippen molar-refractivity contribution in [2.24, 2.45) is 5.73 Å². The molecule has 4 heterocycles. The van der Waals surface area contributed by atoms with Crippen LogP contribution in [0.25, 0.3) is 0 Å². The third kappa shape index (κ3) is 6.21. The number of carbonyl (C=O) groups is 3. The Morgan fingerprint density at radius 1 is 1.08 bits per heavy atom. The number of amides is 3. The molecule has 4 rings (SSSR count). The highest BCUT2D eigenvalue weighted by atomic mass is 16.6. The number of nitrogens with two attached hydrogens (primary N) is 1. The number of piperidine rings is 1. The summed E-state index contributed by atoms with van der Waals surface area (Å²) < 4.78 is 5.46. The lowest BCUT2D eigenvalue weighted by molar-refractivity contribution is -0.117. The smallest absolute Gasteiger partial charge is 0.410 e. The predicted molar refractivity (Wildman–Crippen MR) is 136 cm³/mol. The number of hydrogen-bond donors (Lipinski definition) is 3. The Morgan fingerprint density at radius 2 is 1.81 bits per heavy atom. The van der Waals surface area contributed by atoms with Gasteiger partial charge in [-0.15, -0.1) is 0 Å². The number of ether oxygens (including phenoxy) is 1. The molecule has 2 aromatic heterocycles. The molecule has 11 heteroatoms. The lowest BCUT2D eigenvalue weighted by Crippen LogP contribution is -2.44. The first-order valence-electron chi connectivity index (χ1n) is 12.2. The van der Waals surface area contributed by atoms with Crippen molar-refractivity contribution in [3.63, 3.8) is 0 Å². The molecule has 3 amide bonds. The first-order valence-corrected chi connectivity index (χ1v) is 12.2. The quantitative estimate of drug-likeness (QED) is 0.554. The minimum atomic E-state index is -0.583. The highest BCUT2D eigenvalue weighted by Gasteiger charge is 2.27. The maximum Gasteiger partial charge on any atom is 0.410 e. The summed E-state index contributed by atoms with van der Waals surface area (Å²) in [6.07, 6.45) is 5.57. The van der Waals surface area contributed by atoms with Crippen molar-refractivity contribution in [1.29, 1.82) is 0 Å².